The lowest BCUT2D eigenvalue weighted by molar-refractivity contribution is -0.162. The molecular formula is C72H82F3N17O25S3. The molecule has 5 aliphatic rings. The smallest absolute Gasteiger partial charge is 0.456 e. The van der Waals surface area contributed by atoms with Crippen LogP contribution in [0.2, 0.25) is 0 Å². The number of esters is 4. The lowest BCUT2D eigenvalue weighted by atomic mass is 10.1. The second kappa shape index (κ2) is 42.1. The normalized spacial score (nSPS) is 24.8. The molecule has 4 aromatic heterocycles. The molecule has 4 aromatic carbocycles. The summed E-state index contributed by atoms with van der Waals surface area (Å²) < 4.78 is 131. The minimum Gasteiger partial charge on any atom is -0.456 e. The standard InChI is InChI=1S/C18H17N7O5S.C15H17F3O7S.C14H17N3O4.C14H18O5.C11H13N7O4S/c1-8(29-16(27)9-5-3-2-4-6-9)11-7-10(23-24-20)15(30-11)25-13-12(31-18(25)28)14(26)22-17(19)21-13;1-9(23-13(19)10-6-4-3-5-7-10)11-8-12(14(22-2)24-11)25-26(20,21)15(16,17)18;1-9(20-13(18)10-6-4-3-5-7-10)12-8-11(16-17-15)14(19-2)21-12;1-9(12-8-11(15)14(17-2)19-12)18-13(16)10-6-4-3-5-7-10;1-3(19)5-2-4(16-17-13)9(22-5)18-7-6(23-11(18)21)8(20)15-10(12)14-7/h2-6,8,10-11,15H,7H2,1H3,(H3,19,21,22,26);3-7,9,11-12,14H,8H2,1-2H3;3-7,9,11-12,14H,8H2,1-2H3;3-7,9,11-12,14-15H,8H2,1-2H3;3-5,9,19H,2H2,1H3,(H3,12,14,15,20)/t8?,10-,11+,15-;9?,11-,12-,14?;9?,11-,12+,14?;9?,11-,12-,14?;3?,4-,5+,9-/m10101/s1. The molecule has 0 radical (unpaired) electrons. The fourth-order valence-corrected chi connectivity index (χ4v) is 15.0. The highest BCUT2D eigenvalue weighted by Gasteiger charge is 2.53. The van der Waals surface area contributed by atoms with Crippen LogP contribution in [0.4, 0.5) is 25.1 Å². The molecular weight excluding hydrogens is 1660 g/mol. The van der Waals surface area contributed by atoms with Crippen molar-refractivity contribution in [3.05, 3.63) is 215 Å². The topological polar surface area (TPSA) is 597 Å². The van der Waals surface area contributed by atoms with Gasteiger partial charge in [-0.05, 0) is 119 Å². The Morgan fingerprint density at radius 2 is 0.833 bits per heavy atom. The molecule has 0 saturated carbocycles. The lowest BCUT2D eigenvalue weighted by Gasteiger charge is -2.21. The van der Waals surface area contributed by atoms with Crippen molar-refractivity contribution in [3.8, 4) is 0 Å². The Bertz CT molecular complexity index is 5370. The van der Waals surface area contributed by atoms with Crippen LogP contribution in [0.1, 0.15) is 121 Å². The Balaban J connectivity index is 0.000000172. The number of nitrogens with two attached hydrogens (primary N) is 2. The molecule has 0 spiro atoms. The maximum Gasteiger partial charge on any atom is 0.523 e. The van der Waals surface area contributed by atoms with Crippen LogP contribution in [0.25, 0.3) is 52.0 Å². The number of carbonyl (C=O) groups excluding carboxylic acids is 4. The quantitative estimate of drug-likeness (QED) is 0.00667. The first-order valence-electron chi connectivity index (χ1n) is 36.3. The Morgan fingerprint density at radius 1 is 0.517 bits per heavy atom. The summed E-state index contributed by atoms with van der Waals surface area (Å²) >= 11 is 1.38. The predicted molar refractivity (Wildman–Crippen MR) is 417 cm³/mol. The number of carbonyl (C=O) groups is 4. The lowest BCUT2D eigenvalue weighted by Crippen LogP contribution is -2.34. The van der Waals surface area contributed by atoms with Crippen molar-refractivity contribution in [2.75, 3.05) is 32.8 Å². The van der Waals surface area contributed by atoms with E-state index >= 15 is 0 Å². The predicted octanol–water partition coefficient (Wildman–Crippen LogP) is 8.27. The van der Waals surface area contributed by atoms with Crippen molar-refractivity contribution >= 4 is 89.3 Å². The van der Waals surface area contributed by atoms with E-state index in [-0.39, 0.29) is 69.6 Å². The number of hydrogen-bond acceptors (Lipinski definition) is 34. The van der Waals surface area contributed by atoms with E-state index in [9.17, 15) is 70.2 Å². The van der Waals surface area contributed by atoms with Crippen LogP contribution in [0, 0.1) is 0 Å². The van der Waals surface area contributed by atoms with Gasteiger partial charge >= 0.3 is 49.2 Å². The first kappa shape index (κ1) is 92.6. The number of halogens is 3. The van der Waals surface area contributed by atoms with E-state index in [1.54, 1.807) is 118 Å². The third-order valence-corrected chi connectivity index (χ3v) is 21.6. The number of azide groups is 3. The Hall–Kier alpha value is -11.3. The number of nitrogens with zero attached hydrogens (tertiary/aromatic N) is 13. The number of nitrogens with one attached hydrogen (secondary N) is 2. The number of methoxy groups -OCH3 is 3. The van der Waals surface area contributed by atoms with Crippen LogP contribution in [0.15, 0.2) is 156 Å². The molecule has 8 aromatic rings. The van der Waals surface area contributed by atoms with Crippen LogP contribution >= 0.6 is 22.7 Å². The van der Waals surface area contributed by atoms with Gasteiger partial charge in [0.1, 0.15) is 70.7 Å². The molecule has 0 aliphatic carbocycles. The molecule has 120 heavy (non-hydrogen) atoms. The maximum absolute atomic E-state index is 12.6. The van der Waals surface area contributed by atoms with Gasteiger partial charge in [0, 0.05) is 48.9 Å². The molecule has 0 bridgehead atoms. The van der Waals surface area contributed by atoms with Crippen LogP contribution in [0.3, 0.4) is 0 Å². The number of benzene rings is 4. The van der Waals surface area contributed by atoms with Gasteiger partial charge in [-0.1, -0.05) is 111 Å². The van der Waals surface area contributed by atoms with Crippen molar-refractivity contribution in [1.82, 2.24) is 29.1 Å². The summed E-state index contributed by atoms with van der Waals surface area (Å²) in [6, 6.07) is 32.1. The summed E-state index contributed by atoms with van der Waals surface area (Å²) in [4.78, 5) is 117. The van der Waals surface area contributed by atoms with E-state index in [4.69, 9.17) is 84.9 Å². The molecule has 5 aliphatic heterocycles. The zero-order valence-electron chi connectivity index (χ0n) is 64.7. The molecule has 48 heteroatoms. The number of anilines is 2. The van der Waals surface area contributed by atoms with E-state index in [0.717, 1.165) is 16.2 Å². The van der Waals surface area contributed by atoms with E-state index in [2.05, 4.69) is 54.2 Å². The molecule has 5 fully saturated rings. The largest absolute Gasteiger partial charge is 0.523 e. The first-order valence-corrected chi connectivity index (χ1v) is 39.4. The summed E-state index contributed by atoms with van der Waals surface area (Å²) in [5.74, 6) is -2.29. The average molecular weight is 1740 g/mol. The van der Waals surface area contributed by atoms with Crippen molar-refractivity contribution in [2.24, 2.45) is 15.3 Å². The highest BCUT2D eigenvalue weighted by molar-refractivity contribution is 7.87. The molecule has 8 N–H and O–H groups in total. The third kappa shape index (κ3) is 23.4. The summed E-state index contributed by atoms with van der Waals surface area (Å²) in [5, 5.41) is 30.4. The van der Waals surface area contributed by atoms with Gasteiger partial charge in [0.15, 0.2) is 30.2 Å². The first-order chi connectivity index (χ1) is 57.1. The molecule has 9 heterocycles. The summed E-state index contributed by atoms with van der Waals surface area (Å²) in [6.07, 6.45) is -12.0. The van der Waals surface area contributed by atoms with Crippen LogP contribution in [0.5, 0.6) is 0 Å². The van der Waals surface area contributed by atoms with Gasteiger partial charge in [0.2, 0.25) is 11.9 Å². The summed E-state index contributed by atoms with van der Waals surface area (Å²) in [5.41, 5.74) is 32.5. The number of alkyl halides is 3. The minimum atomic E-state index is -5.81. The van der Waals surface area contributed by atoms with Crippen molar-refractivity contribution in [1.29, 1.82) is 0 Å². The molecule has 644 valence electrons. The molecule has 13 rings (SSSR count). The van der Waals surface area contributed by atoms with Crippen LogP contribution in [-0.4, -0.2) is 209 Å². The molecule has 42 nitrogen and oxygen atoms in total. The SMILES string of the molecule is CC(O)[C@@H]1C[C@@H](N=[N+]=[N-])[C@H](n2c(=O)sc3c(=O)[nH]c(N)nc32)O1.CC(OC(=O)c1ccccc1)[C@@H]1C[C@@H](N=[N+]=[N-])[C@H](n2c(=O)sc3c(=O)[nH]c(N)nc32)O1.COC1O[C@H](C(C)OC(=O)c2ccccc2)C[C@@H]1O.COC1O[C@H](C(C)OC(=O)c2ccccc2)C[C@@H]1OS(=O)(=O)C(F)(F)F.COC1O[C@H](C(C)OC(=O)c2ccccc2)C[C@H]1N=[N+]=[N-]. The van der Waals surface area contributed by atoms with Gasteiger partial charge in [-0.2, -0.15) is 31.6 Å². The molecule has 5 saturated heterocycles. The minimum absolute atomic E-state index is 0.0361. The zero-order chi connectivity index (χ0) is 87.4. The summed E-state index contributed by atoms with van der Waals surface area (Å²) in [7, 11) is -1.73. The van der Waals surface area contributed by atoms with E-state index in [1.165, 1.54) is 40.2 Å². The number of thiazole rings is 2. The highest BCUT2D eigenvalue weighted by atomic mass is 32.2. The third-order valence-electron chi connectivity index (χ3n) is 18.7. The van der Waals surface area contributed by atoms with Crippen molar-refractivity contribution < 1.29 is 112 Å². The fourth-order valence-electron chi connectivity index (χ4n) is 12.7. The van der Waals surface area contributed by atoms with Crippen LogP contribution in [-0.2, 0) is 71.1 Å². The molecule has 20 atom stereocenters. The van der Waals surface area contributed by atoms with E-state index in [1.807, 2.05) is 12.1 Å². The number of hydrogen-bond donors (Lipinski definition) is 6. The Labute approximate surface area is 685 Å². The molecule has 8 unspecified atom stereocenters. The summed E-state index contributed by atoms with van der Waals surface area (Å²) in [6.45, 7) is 8.15. The Morgan fingerprint density at radius 3 is 1.18 bits per heavy atom. The number of fused-ring (bicyclic) bond motifs is 2. The number of nitrogen functional groups attached to an aromatic ring is 2. The maximum atomic E-state index is 12.6. The number of aliphatic hydroxyl groups is 2. The zero-order valence-corrected chi connectivity index (χ0v) is 67.2. The van der Waals surface area contributed by atoms with Gasteiger partial charge < -0.3 is 78.5 Å². The number of H-pyrrole nitrogens is 2. The second-order valence-corrected chi connectivity index (χ2v) is 30.4. The fraction of sp³-hybridized carbons (Fsp3) is 0.472. The van der Waals surface area contributed by atoms with Gasteiger partial charge in [-0.15, -0.1) is 0 Å². The van der Waals surface area contributed by atoms with Gasteiger partial charge in [0.25, 0.3) is 11.1 Å². The number of aromatic nitrogens is 6. The number of rotatable bonds is 23. The average Bonchev–Trinajstić information content (AvgIpc) is 1.61. The van der Waals surface area contributed by atoms with Crippen molar-refractivity contribution in [2.45, 2.75) is 195 Å². The van der Waals surface area contributed by atoms with E-state index in [0.29, 0.717) is 52.2 Å². The number of aromatic amines is 2. The highest BCUT2D eigenvalue weighted by Crippen LogP contribution is 2.38. The van der Waals surface area contributed by atoms with Crippen molar-refractivity contribution in [3.63, 3.8) is 0 Å². The van der Waals surface area contributed by atoms with E-state index < -0.39 is 171 Å². The van der Waals surface area contributed by atoms with Crippen LogP contribution < -0.4 is 32.3 Å². The Kier molecular flexibility index (Phi) is 32.5. The number of aliphatic hydroxyl groups excluding tert-OH is 2. The van der Waals surface area contributed by atoms with Gasteiger partial charge in [-0.25, -0.2) is 19.2 Å². The van der Waals surface area contributed by atoms with Gasteiger partial charge in [0.05, 0.1) is 64.8 Å². The molecule has 0 amide bonds. The second-order valence-electron chi connectivity index (χ2n) is 26.9. The monoisotopic (exact) mass is 1740 g/mol. The van der Waals surface area contributed by atoms with Gasteiger partial charge in [-0.3, -0.25) is 42.5 Å². The number of ether oxygens (including phenoxy) is 12.